The standard InChI is InChI=1S/C14H18Cl2N2O.ClH/c1-9(12-5-4-10(15)7-13(12)16)18-14(19)8-11-3-2-6-17-11;/h4-5,7,9,11,17H,2-3,6,8H2,1H3,(H,18,19);1H. The van der Waals surface area contributed by atoms with Crippen molar-refractivity contribution < 1.29 is 4.79 Å². The van der Waals surface area contributed by atoms with Crippen molar-refractivity contribution in [2.75, 3.05) is 6.54 Å². The van der Waals surface area contributed by atoms with E-state index in [0.29, 0.717) is 22.5 Å². The lowest BCUT2D eigenvalue weighted by atomic mass is 10.1. The van der Waals surface area contributed by atoms with E-state index in [4.69, 9.17) is 23.2 Å². The minimum Gasteiger partial charge on any atom is -0.349 e. The fourth-order valence-corrected chi connectivity index (χ4v) is 2.96. The van der Waals surface area contributed by atoms with E-state index in [9.17, 15) is 4.79 Å². The molecule has 3 nitrogen and oxygen atoms in total. The Morgan fingerprint density at radius 3 is 2.85 bits per heavy atom. The van der Waals surface area contributed by atoms with Crippen molar-refractivity contribution in [3.05, 3.63) is 33.8 Å². The monoisotopic (exact) mass is 336 g/mol. The highest BCUT2D eigenvalue weighted by atomic mass is 35.5. The minimum atomic E-state index is -0.112. The molecule has 1 aliphatic heterocycles. The lowest BCUT2D eigenvalue weighted by Gasteiger charge is -2.17. The second-order valence-electron chi connectivity index (χ2n) is 4.95. The van der Waals surface area contributed by atoms with Gasteiger partial charge in [0.15, 0.2) is 0 Å². The van der Waals surface area contributed by atoms with Crippen LogP contribution in [-0.2, 0) is 4.79 Å². The Kier molecular flexibility index (Phi) is 7.10. The van der Waals surface area contributed by atoms with Crippen LogP contribution < -0.4 is 10.6 Å². The van der Waals surface area contributed by atoms with Gasteiger partial charge in [0.25, 0.3) is 0 Å². The van der Waals surface area contributed by atoms with Gasteiger partial charge in [-0.05, 0) is 44.0 Å². The maximum absolute atomic E-state index is 11.9. The number of carbonyl (C=O) groups excluding carboxylic acids is 1. The summed E-state index contributed by atoms with van der Waals surface area (Å²) < 4.78 is 0. The first-order chi connectivity index (χ1) is 9.06. The minimum absolute atomic E-state index is 0. The molecule has 0 aromatic heterocycles. The molecular weight excluding hydrogens is 319 g/mol. The second-order valence-corrected chi connectivity index (χ2v) is 5.80. The van der Waals surface area contributed by atoms with Crippen LogP contribution in [-0.4, -0.2) is 18.5 Å². The Labute approximate surface area is 135 Å². The maximum atomic E-state index is 11.9. The Morgan fingerprint density at radius 2 is 2.25 bits per heavy atom. The number of hydrogen-bond donors (Lipinski definition) is 2. The summed E-state index contributed by atoms with van der Waals surface area (Å²) in [6.07, 6.45) is 2.75. The molecule has 1 amide bonds. The van der Waals surface area contributed by atoms with Crippen LogP contribution >= 0.6 is 35.6 Å². The number of benzene rings is 1. The number of halogens is 3. The fourth-order valence-electron chi connectivity index (χ4n) is 2.39. The molecule has 2 atom stereocenters. The largest absolute Gasteiger partial charge is 0.349 e. The van der Waals surface area contributed by atoms with Gasteiger partial charge in [-0.15, -0.1) is 12.4 Å². The summed E-state index contributed by atoms with van der Waals surface area (Å²) in [7, 11) is 0. The summed E-state index contributed by atoms with van der Waals surface area (Å²) in [5.41, 5.74) is 0.888. The van der Waals surface area contributed by atoms with Crippen LogP contribution in [0.15, 0.2) is 18.2 Å². The molecule has 1 heterocycles. The molecule has 1 aromatic rings. The number of amides is 1. The van der Waals surface area contributed by atoms with Gasteiger partial charge in [0.2, 0.25) is 5.91 Å². The highest BCUT2D eigenvalue weighted by Gasteiger charge is 2.19. The zero-order valence-corrected chi connectivity index (χ0v) is 13.6. The molecule has 1 fully saturated rings. The summed E-state index contributed by atoms with van der Waals surface area (Å²) >= 11 is 12.0. The smallest absolute Gasteiger partial charge is 0.222 e. The number of carbonyl (C=O) groups is 1. The third-order valence-corrected chi connectivity index (χ3v) is 3.96. The lowest BCUT2D eigenvalue weighted by Crippen LogP contribution is -2.33. The average Bonchev–Trinajstić information content (AvgIpc) is 2.81. The molecule has 2 rings (SSSR count). The molecule has 6 heteroatoms. The Morgan fingerprint density at radius 1 is 1.50 bits per heavy atom. The average molecular weight is 338 g/mol. The van der Waals surface area contributed by atoms with Gasteiger partial charge in [-0.1, -0.05) is 29.3 Å². The maximum Gasteiger partial charge on any atom is 0.222 e. The van der Waals surface area contributed by atoms with Crippen molar-refractivity contribution in [2.24, 2.45) is 0 Å². The van der Waals surface area contributed by atoms with Crippen molar-refractivity contribution in [1.29, 1.82) is 0 Å². The molecule has 1 aromatic carbocycles. The van der Waals surface area contributed by atoms with E-state index in [2.05, 4.69) is 10.6 Å². The van der Waals surface area contributed by atoms with Crippen molar-refractivity contribution in [3.8, 4) is 0 Å². The predicted octanol–water partition coefficient (Wildman–Crippen LogP) is 3.73. The van der Waals surface area contributed by atoms with Crippen molar-refractivity contribution in [3.63, 3.8) is 0 Å². The third kappa shape index (κ3) is 4.81. The van der Waals surface area contributed by atoms with Crippen LogP contribution in [0.1, 0.15) is 37.8 Å². The first kappa shape index (κ1) is 17.6. The second kappa shape index (κ2) is 8.08. The molecule has 20 heavy (non-hydrogen) atoms. The third-order valence-electron chi connectivity index (χ3n) is 3.40. The van der Waals surface area contributed by atoms with Crippen LogP contribution in [0, 0.1) is 0 Å². The van der Waals surface area contributed by atoms with Crippen LogP contribution in [0.2, 0.25) is 10.0 Å². The first-order valence-electron chi connectivity index (χ1n) is 6.54. The molecule has 0 radical (unpaired) electrons. The van der Waals surface area contributed by atoms with Crippen molar-refractivity contribution in [2.45, 2.75) is 38.3 Å². The van der Waals surface area contributed by atoms with Crippen LogP contribution in [0.5, 0.6) is 0 Å². The van der Waals surface area contributed by atoms with E-state index in [-0.39, 0.29) is 24.4 Å². The number of hydrogen-bond acceptors (Lipinski definition) is 2. The SMILES string of the molecule is CC(NC(=O)CC1CCCN1)c1ccc(Cl)cc1Cl.Cl. The lowest BCUT2D eigenvalue weighted by molar-refractivity contribution is -0.122. The van der Waals surface area contributed by atoms with E-state index in [1.54, 1.807) is 12.1 Å². The topological polar surface area (TPSA) is 41.1 Å². The number of nitrogens with one attached hydrogen (secondary N) is 2. The molecule has 0 saturated carbocycles. The zero-order valence-electron chi connectivity index (χ0n) is 11.3. The highest BCUT2D eigenvalue weighted by Crippen LogP contribution is 2.26. The Bertz CT molecular complexity index is 462. The summed E-state index contributed by atoms with van der Waals surface area (Å²) in [5, 5.41) is 7.47. The van der Waals surface area contributed by atoms with Gasteiger partial charge in [-0.25, -0.2) is 0 Å². The van der Waals surface area contributed by atoms with Gasteiger partial charge in [0, 0.05) is 22.5 Å². The quantitative estimate of drug-likeness (QED) is 0.879. The van der Waals surface area contributed by atoms with Crippen LogP contribution in [0.3, 0.4) is 0 Å². The van der Waals surface area contributed by atoms with E-state index in [1.807, 2.05) is 13.0 Å². The number of rotatable bonds is 4. The normalized spacial score (nSPS) is 19.2. The fraction of sp³-hybridized carbons (Fsp3) is 0.500. The molecule has 0 bridgehead atoms. The van der Waals surface area contributed by atoms with Gasteiger partial charge in [-0.2, -0.15) is 0 Å². The molecule has 0 aliphatic carbocycles. The predicted molar refractivity (Wildman–Crippen MR) is 85.9 cm³/mol. The molecule has 1 aliphatic rings. The van der Waals surface area contributed by atoms with E-state index in [0.717, 1.165) is 24.9 Å². The van der Waals surface area contributed by atoms with Crippen LogP contribution in [0.25, 0.3) is 0 Å². The summed E-state index contributed by atoms with van der Waals surface area (Å²) in [6, 6.07) is 5.53. The van der Waals surface area contributed by atoms with Crippen molar-refractivity contribution >= 4 is 41.5 Å². The molecule has 112 valence electrons. The van der Waals surface area contributed by atoms with Gasteiger partial charge in [-0.3, -0.25) is 4.79 Å². The van der Waals surface area contributed by atoms with Gasteiger partial charge in [0.1, 0.15) is 0 Å². The summed E-state index contributed by atoms with van der Waals surface area (Å²) in [6.45, 7) is 2.94. The van der Waals surface area contributed by atoms with Gasteiger partial charge in [0.05, 0.1) is 6.04 Å². The van der Waals surface area contributed by atoms with Crippen molar-refractivity contribution in [1.82, 2.24) is 10.6 Å². The van der Waals surface area contributed by atoms with E-state index in [1.165, 1.54) is 0 Å². The molecular formula is C14H19Cl3N2O. The molecule has 2 N–H and O–H groups in total. The highest BCUT2D eigenvalue weighted by molar-refractivity contribution is 6.35. The molecule has 2 unspecified atom stereocenters. The van der Waals surface area contributed by atoms with Gasteiger partial charge >= 0.3 is 0 Å². The van der Waals surface area contributed by atoms with E-state index < -0.39 is 0 Å². The Hall–Kier alpha value is -0.480. The zero-order chi connectivity index (χ0) is 13.8. The van der Waals surface area contributed by atoms with E-state index >= 15 is 0 Å². The van der Waals surface area contributed by atoms with Gasteiger partial charge < -0.3 is 10.6 Å². The summed E-state index contributed by atoms with van der Waals surface area (Å²) in [4.78, 5) is 11.9. The molecule has 0 spiro atoms. The summed E-state index contributed by atoms with van der Waals surface area (Å²) in [5.74, 6) is 0.0536. The molecule has 1 saturated heterocycles. The first-order valence-corrected chi connectivity index (χ1v) is 7.29. The Balaban J connectivity index is 0.00000200. The van der Waals surface area contributed by atoms with Crippen LogP contribution in [0.4, 0.5) is 0 Å².